The van der Waals surface area contributed by atoms with Crippen molar-refractivity contribution < 1.29 is 19.4 Å². The highest BCUT2D eigenvalue weighted by Crippen LogP contribution is 2.17. The topological polar surface area (TPSA) is 75.6 Å². The molecule has 0 fully saturated rings. The van der Waals surface area contributed by atoms with E-state index in [-0.39, 0.29) is 5.91 Å². The number of hydrogen-bond acceptors (Lipinski definition) is 3. The van der Waals surface area contributed by atoms with Gasteiger partial charge in [0.1, 0.15) is 0 Å². The zero-order valence-corrected chi connectivity index (χ0v) is 11.7. The van der Waals surface area contributed by atoms with Gasteiger partial charge in [-0.25, -0.2) is 4.79 Å². The maximum atomic E-state index is 11.6. The molecule has 0 aliphatic rings. The summed E-state index contributed by atoms with van der Waals surface area (Å²) in [6.07, 6.45) is 2.87. The SMILES string of the molecule is CCOCCC(=O)Nc1ccc(C)c(C=CC(=O)O)c1. The van der Waals surface area contributed by atoms with E-state index in [1.54, 1.807) is 12.1 Å². The number of carbonyl (C=O) groups excluding carboxylic acids is 1. The number of carboxylic acid groups (broad SMARTS) is 1. The highest BCUT2D eigenvalue weighted by atomic mass is 16.5. The average molecular weight is 277 g/mol. The summed E-state index contributed by atoms with van der Waals surface area (Å²) >= 11 is 0. The summed E-state index contributed by atoms with van der Waals surface area (Å²) in [4.78, 5) is 22.2. The van der Waals surface area contributed by atoms with Crippen LogP contribution in [0.15, 0.2) is 24.3 Å². The fraction of sp³-hybridized carbons (Fsp3) is 0.333. The molecule has 0 atom stereocenters. The standard InChI is InChI=1S/C15H19NO4/c1-3-20-9-8-14(17)16-13-6-4-11(2)12(10-13)5-7-15(18)19/h4-7,10H,3,8-9H2,1-2H3,(H,16,17)(H,18,19). The molecule has 1 aromatic carbocycles. The Balaban J connectivity index is 2.69. The van der Waals surface area contributed by atoms with Crippen molar-refractivity contribution >= 4 is 23.6 Å². The summed E-state index contributed by atoms with van der Waals surface area (Å²) in [5.41, 5.74) is 2.34. The van der Waals surface area contributed by atoms with Gasteiger partial charge in [0.25, 0.3) is 0 Å². The first-order chi connectivity index (χ1) is 9.52. The van der Waals surface area contributed by atoms with Crippen molar-refractivity contribution in [2.45, 2.75) is 20.3 Å². The van der Waals surface area contributed by atoms with Crippen molar-refractivity contribution in [3.05, 3.63) is 35.4 Å². The van der Waals surface area contributed by atoms with E-state index >= 15 is 0 Å². The molecule has 2 N–H and O–H groups in total. The van der Waals surface area contributed by atoms with Crippen LogP contribution < -0.4 is 5.32 Å². The summed E-state index contributed by atoms with van der Waals surface area (Å²) in [6.45, 7) is 4.73. The monoisotopic (exact) mass is 277 g/mol. The first kappa shape index (κ1) is 15.9. The molecule has 0 aromatic heterocycles. The van der Waals surface area contributed by atoms with Gasteiger partial charge in [0.05, 0.1) is 13.0 Å². The maximum Gasteiger partial charge on any atom is 0.328 e. The minimum Gasteiger partial charge on any atom is -0.478 e. The lowest BCUT2D eigenvalue weighted by molar-refractivity contribution is -0.131. The molecule has 0 bridgehead atoms. The highest BCUT2D eigenvalue weighted by molar-refractivity contribution is 5.91. The van der Waals surface area contributed by atoms with Gasteiger partial charge in [0.2, 0.25) is 5.91 Å². The molecular weight excluding hydrogens is 258 g/mol. The van der Waals surface area contributed by atoms with Crippen LogP contribution in [0, 0.1) is 6.92 Å². The van der Waals surface area contributed by atoms with Crippen LogP contribution in [-0.2, 0) is 14.3 Å². The largest absolute Gasteiger partial charge is 0.478 e. The Kier molecular flexibility index (Phi) is 6.46. The van der Waals surface area contributed by atoms with E-state index in [0.29, 0.717) is 25.3 Å². The summed E-state index contributed by atoms with van der Waals surface area (Å²) in [5, 5.41) is 11.4. The number of amides is 1. The normalized spacial score (nSPS) is 10.7. The van der Waals surface area contributed by atoms with E-state index in [4.69, 9.17) is 9.84 Å². The van der Waals surface area contributed by atoms with Crippen molar-refractivity contribution in [1.82, 2.24) is 0 Å². The maximum absolute atomic E-state index is 11.6. The summed E-state index contributed by atoms with van der Waals surface area (Å²) in [7, 11) is 0. The van der Waals surface area contributed by atoms with Crippen LogP contribution >= 0.6 is 0 Å². The Morgan fingerprint density at radius 1 is 1.40 bits per heavy atom. The molecule has 5 heteroatoms. The molecule has 0 saturated heterocycles. The molecule has 0 saturated carbocycles. The molecule has 0 spiro atoms. The van der Waals surface area contributed by atoms with Gasteiger partial charge in [-0.2, -0.15) is 0 Å². The fourth-order valence-electron chi connectivity index (χ4n) is 1.59. The van der Waals surface area contributed by atoms with E-state index in [1.807, 2.05) is 19.9 Å². The van der Waals surface area contributed by atoms with Crippen LogP contribution in [0.1, 0.15) is 24.5 Å². The Bertz CT molecular complexity index is 509. The Morgan fingerprint density at radius 2 is 2.15 bits per heavy atom. The Hall–Kier alpha value is -2.14. The number of nitrogens with one attached hydrogen (secondary N) is 1. The van der Waals surface area contributed by atoms with Crippen LogP contribution in [-0.4, -0.2) is 30.2 Å². The molecule has 0 aliphatic heterocycles. The minimum atomic E-state index is -1.00. The number of carbonyl (C=O) groups is 2. The number of hydrogen-bond donors (Lipinski definition) is 2. The first-order valence-corrected chi connectivity index (χ1v) is 6.42. The third-order valence-electron chi connectivity index (χ3n) is 2.65. The second kappa shape index (κ2) is 8.12. The third kappa shape index (κ3) is 5.67. The van der Waals surface area contributed by atoms with E-state index in [9.17, 15) is 9.59 Å². The number of aryl methyl sites for hydroxylation is 1. The van der Waals surface area contributed by atoms with Crippen LogP contribution in [0.4, 0.5) is 5.69 Å². The van der Waals surface area contributed by atoms with Gasteiger partial charge >= 0.3 is 5.97 Å². The van der Waals surface area contributed by atoms with Crippen molar-refractivity contribution in [2.24, 2.45) is 0 Å². The number of anilines is 1. The Labute approximate surface area is 118 Å². The predicted octanol–water partition coefficient (Wildman–Crippen LogP) is 2.46. The number of carboxylic acids is 1. The summed E-state index contributed by atoms with van der Waals surface area (Å²) in [6, 6.07) is 5.36. The highest BCUT2D eigenvalue weighted by Gasteiger charge is 2.04. The molecule has 108 valence electrons. The molecule has 1 aromatic rings. The lowest BCUT2D eigenvalue weighted by Gasteiger charge is -2.08. The smallest absolute Gasteiger partial charge is 0.328 e. The second-order valence-corrected chi connectivity index (χ2v) is 4.24. The van der Waals surface area contributed by atoms with Crippen LogP contribution in [0.25, 0.3) is 6.08 Å². The Morgan fingerprint density at radius 3 is 2.80 bits per heavy atom. The number of rotatable bonds is 7. The van der Waals surface area contributed by atoms with Crippen LogP contribution in [0.5, 0.6) is 0 Å². The van der Waals surface area contributed by atoms with Crippen molar-refractivity contribution in [1.29, 1.82) is 0 Å². The lowest BCUT2D eigenvalue weighted by Crippen LogP contribution is -2.14. The fourth-order valence-corrected chi connectivity index (χ4v) is 1.59. The van der Waals surface area contributed by atoms with Gasteiger partial charge < -0.3 is 15.2 Å². The van der Waals surface area contributed by atoms with E-state index in [0.717, 1.165) is 17.2 Å². The van der Waals surface area contributed by atoms with E-state index < -0.39 is 5.97 Å². The number of ether oxygens (including phenoxy) is 1. The zero-order chi connectivity index (χ0) is 15.0. The van der Waals surface area contributed by atoms with Crippen LogP contribution in [0.2, 0.25) is 0 Å². The van der Waals surface area contributed by atoms with Gasteiger partial charge in [-0.05, 0) is 43.2 Å². The molecule has 0 radical (unpaired) electrons. The summed E-state index contributed by atoms with van der Waals surface area (Å²) in [5.74, 6) is -1.13. The molecule has 1 rings (SSSR count). The van der Waals surface area contributed by atoms with Crippen LogP contribution in [0.3, 0.4) is 0 Å². The van der Waals surface area contributed by atoms with Crippen molar-refractivity contribution in [3.8, 4) is 0 Å². The lowest BCUT2D eigenvalue weighted by atomic mass is 10.1. The molecule has 0 unspecified atom stereocenters. The molecule has 1 amide bonds. The average Bonchev–Trinajstić information content (AvgIpc) is 2.39. The van der Waals surface area contributed by atoms with Gasteiger partial charge in [-0.3, -0.25) is 4.79 Å². The second-order valence-electron chi connectivity index (χ2n) is 4.24. The van der Waals surface area contributed by atoms with Crippen molar-refractivity contribution in [2.75, 3.05) is 18.5 Å². The van der Waals surface area contributed by atoms with E-state index in [1.165, 1.54) is 6.08 Å². The molecule has 0 heterocycles. The zero-order valence-electron chi connectivity index (χ0n) is 11.7. The van der Waals surface area contributed by atoms with E-state index in [2.05, 4.69) is 5.32 Å². The minimum absolute atomic E-state index is 0.129. The third-order valence-corrected chi connectivity index (χ3v) is 2.65. The van der Waals surface area contributed by atoms with Gasteiger partial charge in [0, 0.05) is 18.4 Å². The van der Waals surface area contributed by atoms with Gasteiger partial charge in [0.15, 0.2) is 0 Å². The molecule has 20 heavy (non-hydrogen) atoms. The molecular formula is C15H19NO4. The van der Waals surface area contributed by atoms with Gasteiger partial charge in [-0.1, -0.05) is 6.07 Å². The first-order valence-electron chi connectivity index (χ1n) is 6.42. The summed E-state index contributed by atoms with van der Waals surface area (Å²) < 4.78 is 5.11. The number of aliphatic carboxylic acids is 1. The molecule has 5 nitrogen and oxygen atoms in total. The van der Waals surface area contributed by atoms with Crippen molar-refractivity contribution in [3.63, 3.8) is 0 Å². The molecule has 0 aliphatic carbocycles. The van der Waals surface area contributed by atoms with Gasteiger partial charge in [-0.15, -0.1) is 0 Å². The number of benzene rings is 1. The predicted molar refractivity (Wildman–Crippen MR) is 77.6 cm³/mol. The quantitative estimate of drug-likeness (QED) is 0.593.